The lowest BCUT2D eigenvalue weighted by atomic mass is 9.98. The van der Waals surface area contributed by atoms with E-state index in [2.05, 4.69) is 17.2 Å². The number of carbonyl (C=O) groups is 2. The minimum Gasteiger partial charge on any atom is -0.384 e. The fourth-order valence-electron chi connectivity index (χ4n) is 2.22. The largest absolute Gasteiger partial charge is 0.384 e. The predicted molar refractivity (Wildman–Crippen MR) is 81.1 cm³/mol. The number of thiophene rings is 1. The molecule has 2 amide bonds. The molecule has 0 aliphatic carbocycles. The van der Waals surface area contributed by atoms with Crippen LogP contribution in [0.5, 0.6) is 0 Å². The average molecular weight is 306 g/mol. The molecule has 2 N–H and O–H groups in total. The zero-order valence-electron chi connectivity index (χ0n) is 12.3. The van der Waals surface area contributed by atoms with Gasteiger partial charge in [-0.05, 0) is 32.4 Å². The molecule has 1 fully saturated rings. The van der Waals surface area contributed by atoms with Gasteiger partial charge in [0.05, 0.1) is 9.75 Å². The molecule has 1 aliphatic heterocycles. The molecule has 0 spiro atoms. The van der Waals surface area contributed by atoms with Crippen molar-refractivity contribution in [3.8, 4) is 11.8 Å². The number of carbonyl (C=O) groups excluding carboxylic acids is 2. The number of aliphatic hydroxyl groups is 1. The van der Waals surface area contributed by atoms with Crippen molar-refractivity contribution in [1.82, 2.24) is 10.2 Å². The molecule has 1 aromatic rings. The number of aliphatic hydroxyl groups excluding tert-OH is 1. The fourth-order valence-corrected chi connectivity index (χ4v) is 3.22. The molecule has 1 aromatic heterocycles. The van der Waals surface area contributed by atoms with Gasteiger partial charge in [-0.3, -0.25) is 9.59 Å². The maximum absolute atomic E-state index is 12.7. The van der Waals surface area contributed by atoms with Gasteiger partial charge >= 0.3 is 0 Å². The number of hydrogen-bond donors (Lipinski definition) is 2. The van der Waals surface area contributed by atoms with E-state index in [1.165, 1.54) is 11.3 Å². The summed E-state index contributed by atoms with van der Waals surface area (Å²) in [6.45, 7) is 6.11. The molecule has 0 bridgehead atoms. The van der Waals surface area contributed by atoms with Gasteiger partial charge in [0, 0.05) is 13.1 Å². The van der Waals surface area contributed by atoms with Gasteiger partial charge in [0.1, 0.15) is 12.1 Å². The van der Waals surface area contributed by atoms with Gasteiger partial charge < -0.3 is 15.3 Å². The van der Waals surface area contributed by atoms with E-state index in [0.29, 0.717) is 18.0 Å². The third-order valence-electron chi connectivity index (χ3n) is 3.51. The highest BCUT2D eigenvalue weighted by molar-refractivity contribution is 7.14. The Morgan fingerprint density at radius 3 is 2.95 bits per heavy atom. The summed E-state index contributed by atoms with van der Waals surface area (Å²) < 4.78 is 0. The van der Waals surface area contributed by atoms with Crippen molar-refractivity contribution in [2.45, 2.75) is 26.3 Å². The van der Waals surface area contributed by atoms with Crippen LogP contribution < -0.4 is 5.32 Å². The minimum atomic E-state index is -0.857. The lowest BCUT2D eigenvalue weighted by Gasteiger charge is -2.40. The average Bonchev–Trinajstić information content (AvgIpc) is 2.80. The Morgan fingerprint density at radius 1 is 1.57 bits per heavy atom. The summed E-state index contributed by atoms with van der Waals surface area (Å²) in [5.74, 6) is 5.13. The van der Waals surface area contributed by atoms with E-state index in [1.807, 2.05) is 6.92 Å². The van der Waals surface area contributed by atoms with E-state index in [4.69, 9.17) is 5.11 Å². The molecule has 1 saturated heterocycles. The lowest BCUT2D eigenvalue weighted by Crippen LogP contribution is -2.63. The first-order valence-corrected chi connectivity index (χ1v) is 7.50. The number of nitrogens with one attached hydrogen (secondary N) is 1. The second-order valence-corrected chi connectivity index (χ2v) is 6.41. The van der Waals surface area contributed by atoms with E-state index in [9.17, 15) is 9.59 Å². The highest BCUT2D eigenvalue weighted by Gasteiger charge is 2.41. The van der Waals surface area contributed by atoms with E-state index >= 15 is 0 Å². The lowest BCUT2D eigenvalue weighted by molar-refractivity contribution is -0.133. The van der Waals surface area contributed by atoms with Gasteiger partial charge in [-0.2, -0.15) is 0 Å². The maximum Gasteiger partial charge on any atom is 0.264 e. The molecule has 21 heavy (non-hydrogen) atoms. The summed E-state index contributed by atoms with van der Waals surface area (Å²) >= 11 is 1.30. The molecular formula is C15H18N2O3S. The summed E-state index contributed by atoms with van der Waals surface area (Å²) in [5.41, 5.74) is 0.0491. The second kappa shape index (κ2) is 5.88. The topological polar surface area (TPSA) is 69.6 Å². The Morgan fingerprint density at radius 2 is 2.29 bits per heavy atom. The van der Waals surface area contributed by atoms with Crippen molar-refractivity contribution in [2.24, 2.45) is 0 Å². The van der Waals surface area contributed by atoms with Crippen LogP contribution in [0.1, 0.15) is 34.0 Å². The van der Waals surface area contributed by atoms with E-state index < -0.39 is 5.54 Å². The molecule has 0 aromatic carbocycles. The number of aryl methyl sites for hydroxylation is 1. The standard InChI is InChI=1S/C15H18N2O3S/c1-10-9-12(21-11(10)5-4-8-18)13(19)17-7-6-16-14(20)15(17,2)3/h9,18H,6-8H2,1-3H3,(H,16,20). The van der Waals surface area contributed by atoms with Gasteiger partial charge in [-0.25, -0.2) is 0 Å². The van der Waals surface area contributed by atoms with Gasteiger partial charge in [-0.1, -0.05) is 11.8 Å². The molecule has 6 heteroatoms. The van der Waals surface area contributed by atoms with Crippen LogP contribution in [0.25, 0.3) is 0 Å². The highest BCUT2D eigenvalue weighted by atomic mass is 32.1. The Kier molecular flexibility index (Phi) is 4.35. The smallest absolute Gasteiger partial charge is 0.264 e. The van der Waals surface area contributed by atoms with Gasteiger partial charge in [0.15, 0.2) is 0 Å². The predicted octanol–water partition coefficient (Wildman–Crippen LogP) is 0.751. The first-order valence-electron chi connectivity index (χ1n) is 6.68. The number of hydrogen-bond acceptors (Lipinski definition) is 4. The van der Waals surface area contributed by atoms with Crippen molar-refractivity contribution >= 4 is 23.2 Å². The van der Waals surface area contributed by atoms with Crippen LogP contribution in [0.2, 0.25) is 0 Å². The molecule has 0 atom stereocenters. The minimum absolute atomic E-state index is 0.143. The summed E-state index contributed by atoms with van der Waals surface area (Å²) in [4.78, 5) is 27.5. The molecule has 5 nitrogen and oxygen atoms in total. The molecule has 0 radical (unpaired) electrons. The van der Waals surface area contributed by atoms with Crippen molar-refractivity contribution in [1.29, 1.82) is 0 Å². The number of amides is 2. The van der Waals surface area contributed by atoms with E-state index in [-0.39, 0.29) is 18.4 Å². The Balaban J connectivity index is 2.30. The molecule has 0 unspecified atom stereocenters. The van der Waals surface area contributed by atoms with Crippen LogP contribution in [0.3, 0.4) is 0 Å². The number of rotatable bonds is 1. The summed E-state index contributed by atoms with van der Waals surface area (Å²) in [6.07, 6.45) is 0. The van der Waals surface area contributed by atoms with Gasteiger partial charge in [0.25, 0.3) is 5.91 Å². The first-order chi connectivity index (χ1) is 9.87. The summed E-state index contributed by atoms with van der Waals surface area (Å²) in [6, 6.07) is 1.79. The maximum atomic E-state index is 12.7. The van der Waals surface area contributed by atoms with Crippen molar-refractivity contribution < 1.29 is 14.7 Å². The molecule has 0 saturated carbocycles. The van der Waals surface area contributed by atoms with Gasteiger partial charge in [0.2, 0.25) is 5.91 Å². The van der Waals surface area contributed by atoms with Crippen LogP contribution in [0, 0.1) is 18.8 Å². The molecule has 2 rings (SSSR count). The van der Waals surface area contributed by atoms with E-state index in [0.717, 1.165) is 10.4 Å². The summed E-state index contributed by atoms with van der Waals surface area (Å²) in [7, 11) is 0. The number of nitrogens with zero attached hydrogens (tertiary/aromatic N) is 1. The van der Waals surface area contributed by atoms with Crippen LogP contribution >= 0.6 is 11.3 Å². The quantitative estimate of drug-likeness (QED) is 0.752. The zero-order chi connectivity index (χ0) is 15.6. The third kappa shape index (κ3) is 2.94. The van der Waals surface area contributed by atoms with Crippen molar-refractivity contribution in [3.05, 3.63) is 21.4 Å². The Bertz CT molecular complexity index is 637. The third-order valence-corrected chi connectivity index (χ3v) is 4.65. The van der Waals surface area contributed by atoms with Gasteiger partial charge in [-0.15, -0.1) is 11.3 Å². The molecule has 2 heterocycles. The van der Waals surface area contributed by atoms with Crippen LogP contribution in [-0.2, 0) is 4.79 Å². The second-order valence-electron chi connectivity index (χ2n) is 5.35. The van der Waals surface area contributed by atoms with E-state index in [1.54, 1.807) is 24.8 Å². The van der Waals surface area contributed by atoms with Crippen LogP contribution in [-0.4, -0.2) is 47.1 Å². The highest BCUT2D eigenvalue weighted by Crippen LogP contribution is 2.26. The summed E-state index contributed by atoms with van der Waals surface area (Å²) in [5, 5.41) is 11.5. The zero-order valence-corrected chi connectivity index (χ0v) is 13.1. The normalized spacial score (nSPS) is 17.0. The van der Waals surface area contributed by atoms with Crippen molar-refractivity contribution in [2.75, 3.05) is 19.7 Å². The Hall–Kier alpha value is -1.84. The van der Waals surface area contributed by atoms with Crippen LogP contribution in [0.4, 0.5) is 0 Å². The number of piperazine rings is 1. The SMILES string of the molecule is Cc1cc(C(=O)N2CCNC(=O)C2(C)C)sc1C#CCO. The molecule has 1 aliphatic rings. The van der Waals surface area contributed by atoms with Crippen molar-refractivity contribution in [3.63, 3.8) is 0 Å². The first kappa shape index (κ1) is 15.5. The fraction of sp³-hybridized carbons (Fsp3) is 0.467. The Labute approximate surface area is 128 Å². The monoisotopic (exact) mass is 306 g/mol. The molecular weight excluding hydrogens is 288 g/mol. The van der Waals surface area contributed by atoms with Crippen LogP contribution in [0.15, 0.2) is 6.07 Å². The molecule has 112 valence electrons.